The minimum atomic E-state index is -0.234. The molecule has 0 spiro atoms. The third-order valence-electron chi connectivity index (χ3n) is 7.17. The van der Waals surface area contributed by atoms with E-state index in [1.165, 1.54) is 16.2 Å². The van der Waals surface area contributed by atoms with Crippen molar-refractivity contribution in [1.82, 2.24) is 9.80 Å². The van der Waals surface area contributed by atoms with E-state index in [0.29, 0.717) is 13.1 Å². The Morgan fingerprint density at radius 3 is 2.38 bits per heavy atom. The Balaban J connectivity index is 1.24. The van der Waals surface area contributed by atoms with Gasteiger partial charge in [0.1, 0.15) is 6.54 Å². The monoisotopic (exact) mass is 393 g/mol. The zero-order valence-electron chi connectivity index (χ0n) is 17.0. The van der Waals surface area contributed by atoms with Gasteiger partial charge >= 0.3 is 0 Å². The molecule has 0 radical (unpaired) electrons. The van der Waals surface area contributed by atoms with Crippen LogP contribution < -0.4 is 4.90 Å². The van der Waals surface area contributed by atoms with Crippen molar-refractivity contribution in [1.29, 1.82) is 0 Å². The molecule has 0 N–H and O–H groups in total. The van der Waals surface area contributed by atoms with Crippen LogP contribution in [0.25, 0.3) is 0 Å². The summed E-state index contributed by atoms with van der Waals surface area (Å²) in [6, 6.07) is 8.58. The van der Waals surface area contributed by atoms with E-state index in [9.17, 15) is 14.4 Å². The van der Waals surface area contributed by atoms with Gasteiger partial charge in [-0.15, -0.1) is 0 Å². The molecular formula is C23H27N3O3. The van der Waals surface area contributed by atoms with Crippen LogP contribution in [0.4, 0.5) is 5.69 Å². The number of benzene rings is 1. The Morgan fingerprint density at radius 2 is 1.76 bits per heavy atom. The Kier molecular flexibility index (Phi) is 4.26. The smallest absolute Gasteiger partial charge is 0.242 e. The maximum Gasteiger partial charge on any atom is 0.242 e. The number of aryl methyl sites for hydroxylation is 1. The van der Waals surface area contributed by atoms with Crippen LogP contribution in [0, 0.1) is 30.6 Å². The summed E-state index contributed by atoms with van der Waals surface area (Å²) in [5, 5.41) is 0. The molecule has 5 rings (SSSR count). The summed E-state index contributed by atoms with van der Waals surface area (Å²) in [6.07, 6.45) is 5.07. The second kappa shape index (κ2) is 6.71. The van der Waals surface area contributed by atoms with Crippen molar-refractivity contribution < 1.29 is 14.4 Å². The number of piperazine rings is 1. The topological polar surface area (TPSA) is 60.9 Å². The molecule has 1 aromatic carbocycles. The highest BCUT2D eigenvalue weighted by atomic mass is 16.2. The third kappa shape index (κ3) is 2.88. The third-order valence-corrected chi connectivity index (χ3v) is 7.17. The van der Waals surface area contributed by atoms with E-state index in [2.05, 4.69) is 55.2 Å². The van der Waals surface area contributed by atoms with Gasteiger partial charge in [0.2, 0.25) is 17.7 Å². The maximum atomic E-state index is 12.9. The van der Waals surface area contributed by atoms with E-state index < -0.39 is 0 Å². The first-order chi connectivity index (χ1) is 13.9. The highest BCUT2D eigenvalue weighted by molar-refractivity contribution is 6.08. The van der Waals surface area contributed by atoms with Crippen LogP contribution in [0.5, 0.6) is 0 Å². The Labute approximate surface area is 171 Å². The first-order valence-corrected chi connectivity index (χ1v) is 10.6. The average Bonchev–Trinajstić information content (AvgIpc) is 3.38. The van der Waals surface area contributed by atoms with Crippen LogP contribution >= 0.6 is 0 Å². The Hall–Kier alpha value is -2.63. The summed E-state index contributed by atoms with van der Waals surface area (Å²) in [7, 11) is 0. The molecule has 0 aromatic heterocycles. The SMILES string of the molecule is Cc1cccc(N2CCN(C(=O)CN3C(=O)C4C5C=CC(C5)C4C3=O)CC2C)c1. The number of amides is 3. The van der Waals surface area contributed by atoms with Crippen molar-refractivity contribution in [2.45, 2.75) is 26.3 Å². The van der Waals surface area contributed by atoms with Gasteiger partial charge in [0.05, 0.1) is 11.8 Å². The molecule has 5 atom stereocenters. The largest absolute Gasteiger partial charge is 0.365 e. The number of hydrogen-bond acceptors (Lipinski definition) is 4. The fraction of sp³-hybridized carbons (Fsp3) is 0.522. The minimum absolute atomic E-state index is 0.110. The molecule has 2 aliphatic heterocycles. The van der Waals surface area contributed by atoms with E-state index in [1.807, 2.05) is 0 Å². The van der Waals surface area contributed by atoms with Crippen LogP contribution in [-0.4, -0.2) is 59.7 Å². The van der Waals surface area contributed by atoms with Gasteiger partial charge in [0.25, 0.3) is 0 Å². The molecule has 6 nitrogen and oxygen atoms in total. The predicted molar refractivity (Wildman–Crippen MR) is 109 cm³/mol. The molecule has 152 valence electrons. The van der Waals surface area contributed by atoms with Crippen molar-refractivity contribution in [2.24, 2.45) is 23.7 Å². The fourth-order valence-electron chi connectivity index (χ4n) is 5.73. The molecule has 2 bridgehead atoms. The number of imide groups is 1. The second-order valence-corrected chi connectivity index (χ2v) is 8.98. The lowest BCUT2D eigenvalue weighted by molar-refractivity contribution is -0.147. The zero-order chi connectivity index (χ0) is 20.3. The van der Waals surface area contributed by atoms with Gasteiger partial charge in [-0.05, 0) is 49.8 Å². The van der Waals surface area contributed by atoms with Crippen LogP contribution in [0.1, 0.15) is 18.9 Å². The first kappa shape index (κ1) is 18.4. The molecule has 6 heteroatoms. The molecule has 2 heterocycles. The number of carbonyl (C=O) groups excluding carboxylic acids is 3. The molecule has 3 fully saturated rings. The molecular weight excluding hydrogens is 366 g/mol. The van der Waals surface area contributed by atoms with Gasteiger partial charge in [-0.25, -0.2) is 0 Å². The number of allylic oxidation sites excluding steroid dienone is 2. The molecule has 2 saturated heterocycles. The number of hydrogen-bond donors (Lipinski definition) is 0. The number of anilines is 1. The summed E-state index contributed by atoms with van der Waals surface area (Å²) in [5.41, 5.74) is 2.39. The summed E-state index contributed by atoms with van der Waals surface area (Å²) < 4.78 is 0. The molecule has 3 amide bonds. The molecule has 1 aromatic rings. The fourth-order valence-corrected chi connectivity index (χ4v) is 5.73. The molecule has 2 aliphatic carbocycles. The number of carbonyl (C=O) groups is 3. The lowest BCUT2D eigenvalue weighted by atomic mass is 9.85. The van der Waals surface area contributed by atoms with Crippen LogP contribution in [-0.2, 0) is 14.4 Å². The van der Waals surface area contributed by atoms with E-state index >= 15 is 0 Å². The average molecular weight is 393 g/mol. The lowest BCUT2D eigenvalue weighted by Gasteiger charge is -2.41. The van der Waals surface area contributed by atoms with Gasteiger partial charge in [0, 0.05) is 31.4 Å². The van der Waals surface area contributed by atoms with Crippen molar-refractivity contribution in [2.75, 3.05) is 31.1 Å². The number of likely N-dealkylation sites (tertiary alicyclic amines) is 1. The number of fused-ring (bicyclic) bond motifs is 5. The summed E-state index contributed by atoms with van der Waals surface area (Å²) in [5.74, 6) is -0.514. The molecule has 1 saturated carbocycles. The van der Waals surface area contributed by atoms with Crippen LogP contribution in [0.2, 0.25) is 0 Å². The van der Waals surface area contributed by atoms with Crippen molar-refractivity contribution in [3.8, 4) is 0 Å². The van der Waals surface area contributed by atoms with Gasteiger partial charge in [-0.1, -0.05) is 24.3 Å². The van der Waals surface area contributed by atoms with Crippen LogP contribution in [0.3, 0.4) is 0 Å². The van der Waals surface area contributed by atoms with E-state index in [1.54, 1.807) is 4.90 Å². The molecule has 29 heavy (non-hydrogen) atoms. The van der Waals surface area contributed by atoms with Gasteiger partial charge in [-0.3, -0.25) is 19.3 Å². The van der Waals surface area contributed by atoms with Gasteiger partial charge in [-0.2, -0.15) is 0 Å². The van der Waals surface area contributed by atoms with Gasteiger partial charge in [0.15, 0.2) is 0 Å². The predicted octanol–water partition coefficient (Wildman–Crippen LogP) is 1.84. The maximum absolute atomic E-state index is 12.9. The second-order valence-electron chi connectivity index (χ2n) is 8.98. The highest BCUT2D eigenvalue weighted by Crippen LogP contribution is 2.52. The number of rotatable bonds is 3. The highest BCUT2D eigenvalue weighted by Gasteiger charge is 2.59. The Morgan fingerprint density at radius 1 is 1.07 bits per heavy atom. The molecule has 5 unspecified atom stereocenters. The van der Waals surface area contributed by atoms with Crippen molar-refractivity contribution in [3.05, 3.63) is 42.0 Å². The van der Waals surface area contributed by atoms with E-state index in [4.69, 9.17) is 0 Å². The quantitative estimate of drug-likeness (QED) is 0.581. The number of nitrogens with zero attached hydrogens (tertiary/aromatic N) is 3. The first-order valence-electron chi connectivity index (χ1n) is 10.6. The van der Waals surface area contributed by atoms with E-state index in [0.717, 1.165) is 13.0 Å². The summed E-state index contributed by atoms with van der Waals surface area (Å²) >= 11 is 0. The van der Waals surface area contributed by atoms with Gasteiger partial charge < -0.3 is 9.80 Å². The minimum Gasteiger partial charge on any atom is -0.365 e. The summed E-state index contributed by atoms with van der Waals surface area (Å²) in [6.45, 7) is 6.03. The molecule has 4 aliphatic rings. The Bertz CT molecular complexity index is 880. The normalized spacial score (nSPS) is 33.0. The zero-order valence-corrected chi connectivity index (χ0v) is 17.0. The lowest BCUT2D eigenvalue weighted by Crippen LogP contribution is -2.56. The van der Waals surface area contributed by atoms with Crippen molar-refractivity contribution in [3.63, 3.8) is 0 Å². The summed E-state index contributed by atoms with van der Waals surface area (Å²) in [4.78, 5) is 44.0. The van der Waals surface area contributed by atoms with E-state index in [-0.39, 0.29) is 54.0 Å². The van der Waals surface area contributed by atoms with Crippen molar-refractivity contribution >= 4 is 23.4 Å². The van der Waals surface area contributed by atoms with Crippen LogP contribution in [0.15, 0.2) is 36.4 Å². The standard InChI is InChI=1S/C23H27N3O3/c1-14-4-3-5-18(10-14)25-9-8-24(12-15(25)2)19(27)13-26-22(28)20-16-6-7-17(11-16)21(20)23(26)29/h3-7,10,15-17,20-21H,8-9,11-13H2,1-2H3.